The van der Waals surface area contributed by atoms with Gasteiger partial charge < -0.3 is 21.8 Å². The van der Waals surface area contributed by atoms with Crippen molar-refractivity contribution in [1.29, 1.82) is 5.41 Å². The second-order valence-electron chi connectivity index (χ2n) is 8.34. The normalized spacial score (nSPS) is 13.2. The van der Waals surface area contributed by atoms with Crippen molar-refractivity contribution in [3.8, 4) is 11.3 Å². The highest BCUT2D eigenvalue weighted by molar-refractivity contribution is 5.96. The average molecular weight is 445 g/mol. The average Bonchev–Trinajstić information content (AvgIpc) is 2.78. The number of hydrogen-bond donors (Lipinski definition) is 4. The van der Waals surface area contributed by atoms with Crippen LogP contribution >= 0.6 is 0 Å². The molecule has 1 amide bonds. The number of hydrogen-bond acceptors (Lipinski definition) is 6. The number of nitrogen functional groups attached to an aromatic ring is 1. The van der Waals surface area contributed by atoms with Crippen molar-refractivity contribution in [3.63, 3.8) is 0 Å². The smallest absolute Gasteiger partial charge is 0.294 e. The van der Waals surface area contributed by atoms with E-state index in [0.717, 1.165) is 30.4 Å². The van der Waals surface area contributed by atoms with Gasteiger partial charge in [0.05, 0.1) is 11.9 Å². The van der Waals surface area contributed by atoms with E-state index < -0.39 is 0 Å². The molecule has 0 atom stereocenters. The van der Waals surface area contributed by atoms with Gasteiger partial charge in [-0.25, -0.2) is 4.98 Å². The molecule has 8 nitrogen and oxygen atoms in total. The van der Waals surface area contributed by atoms with Gasteiger partial charge in [0.25, 0.3) is 5.56 Å². The van der Waals surface area contributed by atoms with E-state index in [1.165, 1.54) is 4.57 Å². The first-order chi connectivity index (χ1) is 15.9. The van der Waals surface area contributed by atoms with Crippen LogP contribution < -0.4 is 21.9 Å². The fraction of sp³-hybridized carbons (Fsp3) is 0.280. The molecule has 1 aromatic heterocycles. The van der Waals surface area contributed by atoms with Gasteiger partial charge in [-0.05, 0) is 43.4 Å². The van der Waals surface area contributed by atoms with Gasteiger partial charge >= 0.3 is 0 Å². The fourth-order valence-corrected chi connectivity index (χ4v) is 3.71. The molecule has 0 spiro atoms. The lowest BCUT2D eigenvalue weighted by atomic mass is 9.93. The number of amides is 1. The van der Waals surface area contributed by atoms with Gasteiger partial charge in [-0.1, -0.05) is 42.5 Å². The lowest BCUT2D eigenvalue weighted by Crippen LogP contribution is -2.37. The monoisotopic (exact) mass is 444 g/mol. The number of nitrogens with zero attached hydrogens (tertiary/aromatic N) is 2. The summed E-state index contributed by atoms with van der Waals surface area (Å²) in [7, 11) is 0. The maximum Gasteiger partial charge on any atom is 0.294 e. The Hall–Kier alpha value is -3.94. The van der Waals surface area contributed by atoms with Gasteiger partial charge in [-0.15, -0.1) is 0 Å². The summed E-state index contributed by atoms with van der Waals surface area (Å²) in [4.78, 5) is 30.4. The molecule has 0 saturated heterocycles. The molecule has 2 aromatic carbocycles. The predicted molar refractivity (Wildman–Crippen MR) is 130 cm³/mol. The topological polar surface area (TPSA) is 126 Å². The van der Waals surface area contributed by atoms with E-state index in [2.05, 4.69) is 15.6 Å². The number of nitrogens with one attached hydrogen (secondary N) is 3. The summed E-state index contributed by atoms with van der Waals surface area (Å²) in [6, 6.07) is 14.9. The molecule has 1 aliphatic carbocycles. The highest BCUT2D eigenvalue weighted by atomic mass is 16.2. The maximum atomic E-state index is 13.3. The van der Waals surface area contributed by atoms with Crippen molar-refractivity contribution in [1.82, 2.24) is 14.9 Å². The summed E-state index contributed by atoms with van der Waals surface area (Å²) in [5.41, 5.74) is 9.70. The van der Waals surface area contributed by atoms with Gasteiger partial charge in [-0.2, -0.15) is 0 Å². The van der Waals surface area contributed by atoms with E-state index in [1.54, 1.807) is 19.2 Å². The Morgan fingerprint density at radius 2 is 1.91 bits per heavy atom. The minimum Gasteiger partial charge on any atom is -0.398 e. The van der Waals surface area contributed by atoms with E-state index >= 15 is 0 Å². The Morgan fingerprint density at radius 1 is 1.18 bits per heavy atom. The number of carbonyl (C=O) groups is 1. The highest BCUT2D eigenvalue weighted by Crippen LogP contribution is 2.25. The Balaban J connectivity index is 1.56. The minimum atomic E-state index is -0.344. The van der Waals surface area contributed by atoms with Crippen LogP contribution in [0.2, 0.25) is 0 Å². The van der Waals surface area contributed by atoms with E-state index in [-0.39, 0.29) is 29.9 Å². The van der Waals surface area contributed by atoms with E-state index in [4.69, 9.17) is 11.1 Å². The van der Waals surface area contributed by atoms with Crippen molar-refractivity contribution in [2.45, 2.75) is 45.3 Å². The third kappa shape index (κ3) is 5.11. The molecule has 3 aromatic rings. The van der Waals surface area contributed by atoms with E-state index in [9.17, 15) is 9.59 Å². The molecule has 1 saturated carbocycles. The summed E-state index contributed by atoms with van der Waals surface area (Å²) in [6.45, 7) is 1.91. The second-order valence-corrected chi connectivity index (χ2v) is 8.34. The molecule has 1 aliphatic rings. The van der Waals surface area contributed by atoms with Crippen LogP contribution in [0.3, 0.4) is 0 Å². The Kier molecular flexibility index (Phi) is 6.53. The Labute approximate surface area is 192 Å². The van der Waals surface area contributed by atoms with Crippen LogP contribution in [0.1, 0.15) is 37.3 Å². The lowest BCUT2D eigenvalue weighted by Gasteiger charge is -2.27. The molecule has 1 heterocycles. The number of rotatable bonds is 8. The van der Waals surface area contributed by atoms with Gasteiger partial charge in [0.2, 0.25) is 5.91 Å². The highest BCUT2D eigenvalue weighted by Gasteiger charge is 2.21. The number of nitrogens with two attached hydrogens (primary N) is 1. The van der Waals surface area contributed by atoms with Crippen LogP contribution in [0.25, 0.3) is 11.3 Å². The van der Waals surface area contributed by atoms with Crippen molar-refractivity contribution in [2.24, 2.45) is 0 Å². The first kappa shape index (κ1) is 22.3. The molecule has 4 rings (SSSR count). The van der Waals surface area contributed by atoms with Crippen LogP contribution in [0, 0.1) is 5.41 Å². The molecule has 1 fully saturated rings. The molecular formula is C25H28N6O2. The number of anilines is 2. The zero-order valence-corrected chi connectivity index (χ0v) is 18.6. The molecule has 0 radical (unpaired) electrons. The quantitative estimate of drug-likeness (QED) is 0.314. The van der Waals surface area contributed by atoms with Crippen molar-refractivity contribution in [3.05, 3.63) is 76.2 Å². The summed E-state index contributed by atoms with van der Waals surface area (Å²) in [5.74, 6) is -0.0377. The molecule has 0 unspecified atom stereocenters. The van der Waals surface area contributed by atoms with Crippen molar-refractivity contribution >= 4 is 23.1 Å². The largest absolute Gasteiger partial charge is 0.398 e. The van der Waals surface area contributed by atoms with Gasteiger partial charge in [0, 0.05) is 29.5 Å². The molecular weight excluding hydrogens is 416 g/mol. The molecule has 5 N–H and O–H groups in total. The molecule has 170 valence electrons. The third-order valence-electron chi connectivity index (χ3n) is 5.92. The van der Waals surface area contributed by atoms with E-state index in [1.807, 2.05) is 42.5 Å². The number of aromatic nitrogens is 2. The summed E-state index contributed by atoms with van der Waals surface area (Å²) in [6.07, 6.45) is 4.74. The van der Waals surface area contributed by atoms with Crippen LogP contribution in [-0.4, -0.2) is 27.2 Å². The molecule has 0 aliphatic heterocycles. The van der Waals surface area contributed by atoms with Gasteiger partial charge in [0.1, 0.15) is 6.54 Å². The Morgan fingerprint density at radius 3 is 2.55 bits per heavy atom. The third-order valence-corrected chi connectivity index (χ3v) is 5.92. The molecule has 33 heavy (non-hydrogen) atoms. The number of carbonyl (C=O) groups excluding carboxylic acids is 1. The van der Waals surface area contributed by atoms with Crippen molar-refractivity contribution < 1.29 is 4.79 Å². The maximum absolute atomic E-state index is 13.3. The summed E-state index contributed by atoms with van der Waals surface area (Å²) < 4.78 is 1.43. The van der Waals surface area contributed by atoms with E-state index in [0.29, 0.717) is 29.2 Å². The number of para-hydroxylation sites is 1. The molecule has 8 heteroatoms. The number of benzene rings is 2. The lowest BCUT2D eigenvalue weighted by molar-refractivity contribution is -0.121. The SMILES string of the molecule is CC(=N)c1ccc(CNC(=O)Cn2c(-c3ccccc3N)cnc(NC3CCC3)c2=O)cc1. The minimum absolute atomic E-state index is 0.151. The van der Waals surface area contributed by atoms with Crippen LogP contribution in [0.15, 0.2) is 59.5 Å². The van der Waals surface area contributed by atoms with Crippen molar-refractivity contribution in [2.75, 3.05) is 11.1 Å². The first-order valence-electron chi connectivity index (χ1n) is 11.0. The van der Waals surface area contributed by atoms with Gasteiger partial charge in [-0.3, -0.25) is 14.2 Å². The van der Waals surface area contributed by atoms with Crippen LogP contribution in [0.4, 0.5) is 11.5 Å². The zero-order valence-electron chi connectivity index (χ0n) is 18.6. The van der Waals surface area contributed by atoms with Crippen LogP contribution in [-0.2, 0) is 17.9 Å². The van der Waals surface area contributed by atoms with Gasteiger partial charge in [0.15, 0.2) is 5.82 Å². The first-order valence-corrected chi connectivity index (χ1v) is 11.0. The van der Waals surface area contributed by atoms with Crippen LogP contribution in [0.5, 0.6) is 0 Å². The fourth-order valence-electron chi connectivity index (χ4n) is 3.71. The predicted octanol–water partition coefficient (Wildman–Crippen LogP) is 3.16. The molecule has 0 bridgehead atoms. The second kappa shape index (κ2) is 9.68. The Bertz CT molecular complexity index is 1230. The summed E-state index contributed by atoms with van der Waals surface area (Å²) >= 11 is 0. The zero-order chi connectivity index (χ0) is 23.4. The standard InChI is InChI=1S/C25H28N6O2/c1-16(26)18-11-9-17(10-12-18)13-28-23(32)15-31-22(20-7-2-3-8-21(20)27)14-29-24(25(31)33)30-19-5-4-6-19/h2-3,7-12,14,19,26H,4-6,13,15,27H2,1H3,(H,28,32)(H,29,30). The summed E-state index contributed by atoms with van der Waals surface area (Å²) in [5, 5.41) is 13.8.